The number of carbonyl (C=O) groups is 2. The Bertz CT molecular complexity index is 1020. The van der Waals surface area contributed by atoms with Gasteiger partial charge in [-0.05, 0) is 40.2 Å². The van der Waals surface area contributed by atoms with E-state index in [0.29, 0.717) is 34.7 Å². The molecule has 0 fully saturated rings. The van der Waals surface area contributed by atoms with Crippen LogP contribution in [0.1, 0.15) is 51.9 Å². The highest BCUT2D eigenvalue weighted by molar-refractivity contribution is 6.50. The summed E-state index contributed by atoms with van der Waals surface area (Å²) in [6, 6.07) is 1.48. The first-order valence-corrected chi connectivity index (χ1v) is 10.4. The highest BCUT2D eigenvalue weighted by atomic mass is 35.5. The van der Waals surface area contributed by atoms with Crippen molar-refractivity contribution in [2.75, 3.05) is 6.61 Å². The van der Waals surface area contributed by atoms with Gasteiger partial charge >= 0.3 is 11.6 Å². The van der Waals surface area contributed by atoms with Crippen molar-refractivity contribution in [1.82, 2.24) is 5.32 Å². The van der Waals surface area contributed by atoms with E-state index < -0.39 is 17.5 Å². The Labute approximate surface area is 185 Å². The standard InChI is InChI=1S/C22H25Cl2NO5/c1-6-8-17-19(21(27)29-7-2)14(18(13(5)26)12(4)25-17)10-16(24)20-15(23)9-11(3)30-22(20)28/h9-10,14,25H,6-8H2,1-5H3/b16-10-. The van der Waals surface area contributed by atoms with Crippen molar-refractivity contribution in [2.45, 2.75) is 47.5 Å². The van der Waals surface area contributed by atoms with Crippen molar-refractivity contribution in [3.05, 3.63) is 61.4 Å². The topological polar surface area (TPSA) is 85.6 Å². The second kappa shape index (κ2) is 10.1. The van der Waals surface area contributed by atoms with Crippen LogP contribution in [0, 0.1) is 12.8 Å². The van der Waals surface area contributed by atoms with Gasteiger partial charge < -0.3 is 14.5 Å². The van der Waals surface area contributed by atoms with Gasteiger partial charge in [0.2, 0.25) is 0 Å². The van der Waals surface area contributed by atoms with E-state index in [0.717, 1.165) is 6.42 Å². The zero-order valence-corrected chi connectivity index (χ0v) is 19.2. The summed E-state index contributed by atoms with van der Waals surface area (Å²) in [7, 11) is 0. The molecule has 30 heavy (non-hydrogen) atoms. The van der Waals surface area contributed by atoms with Gasteiger partial charge in [-0.2, -0.15) is 0 Å². The van der Waals surface area contributed by atoms with Crippen LogP contribution < -0.4 is 10.9 Å². The molecule has 0 spiro atoms. The minimum atomic E-state index is -0.798. The van der Waals surface area contributed by atoms with Crippen LogP contribution in [0.3, 0.4) is 0 Å². The van der Waals surface area contributed by atoms with E-state index in [1.807, 2.05) is 6.92 Å². The monoisotopic (exact) mass is 453 g/mol. The first kappa shape index (κ1) is 24.0. The zero-order chi connectivity index (χ0) is 22.6. The Morgan fingerprint density at radius 2 is 1.93 bits per heavy atom. The maximum Gasteiger partial charge on any atom is 0.346 e. The molecule has 8 heteroatoms. The molecule has 1 atom stereocenters. The minimum absolute atomic E-state index is 0.00940. The second-order valence-corrected chi connectivity index (χ2v) is 7.76. The number of hydrogen-bond acceptors (Lipinski definition) is 6. The number of aryl methyl sites for hydroxylation is 1. The van der Waals surface area contributed by atoms with Gasteiger partial charge in [-0.3, -0.25) is 4.79 Å². The zero-order valence-electron chi connectivity index (χ0n) is 17.7. The largest absolute Gasteiger partial charge is 0.463 e. The minimum Gasteiger partial charge on any atom is -0.463 e. The van der Waals surface area contributed by atoms with Gasteiger partial charge in [0.05, 0.1) is 27.8 Å². The third kappa shape index (κ3) is 5.05. The summed E-state index contributed by atoms with van der Waals surface area (Å²) in [6.45, 7) is 8.63. The second-order valence-electron chi connectivity index (χ2n) is 6.94. The van der Waals surface area contributed by atoms with E-state index in [1.165, 1.54) is 19.1 Å². The van der Waals surface area contributed by atoms with E-state index in [4.69, 9.17) is 32.4 Å². The van der Waals surface area contributed by atoms with Crippen LogP contribution in [0.15, 0.2) is 43.9 Å². The molecule has 1 aliphatic heterocycles. The smallest absolute Gasteiger partial charge is 0.346 e. The highest BCUT2D eigenvalue weighted by Gasteiger charge is 2.35. The molecule has 0 saturated carbocycles. The van der Waals surface area contributed by atoms with Crippen molar-refractivity contribution in [2.24, 2.45) is 5.92 Å². The number of dihydropyridines is 1. The molecule has 162 valence electrons. The fourth-order valence-electron chi connectivity index (χ4n) is 3.50. The number of ether oxygens (including phenoxy) is 1. The number of esters is 1. The molecule has 1 N–H and O–H groups in total. The fraction of sp³-hybridized carbons (Fsp3) is 0.409. The number of ketones is 1. The summed E-state index contributed by atoms with van der Waals surface area (Å²) in [4.78, 5) is 37.6. The molecule has 0 radical (unpaired) electrons. The van der Waals surface area contributed by atoms with Gasteiger partial charge in [0.15, 0.2) is 5.78 Å². The molecule has 1 aliphatic rings. The Hall–Kier alpha value is -2.31. The van der Waals surface area contributed by atoms with Crippen LogP contribution in [0.4, 0.5) is 0 Å². The molecule has 0 amide bonds. The lowest BCUT2D eigenvalue weighted by atomic mass is 9.82. The van der Waals surface area contributed by atoms with Crippen LogP contribution in [0.5, 0.6) is 0 Å². The van der Waals surface area contributed by atoms with Gasteiger partial charge in [0, 0.05) is 22.9 Å². The van der Waals surface area contributed by atoms with E-state index in [2.05, 4.69) is 5.32 Å². The molecular formula is C22H25Cl2NO5. The van der Waals surface area contributed by atoms with Gasteiger partial charge in [-0.1, -0.05) is 42.6 Å². The lowest BCUT2D eigenvalue weighted by Crippen LogP contribution is -2.32. The maximum atomic E-state index is 12.8. The van der Waals surface area contributed by atoms with Crippen LogP contribution in [0.2, 0.25) is 5.02 Å². The fourth-order valence-corrected chi connectivity index (χ4v) is 4.18. The molecule has 1 unspecified atom stereocenters. The molecule has 0 aromatic carbocycles. The van der Waals surface area contributed by atoms with E-state index >= 15 is 0 Å². The molecule has 2 rings (SSSR count). The van der Waals surface area contributed by atoms with Gasteiger partial charge in [-0.25, -0.2) is 9.59 Å². The van der Waals surface area contributed by atoms with E-state index in [-0.39, 0.29) is 28.0 Å². The summed E-state index contributed by atoms with van der Waals surface area (Å²) in [5.41, 5.74) is 1.21. The number of carbonyl (C=O) groups excluding carboxylic acids is 2. The molecular weight excluding hydrogens is 429 g/mol. The Balaban J connectivity index is 2.74. The summed E-state index contributed by atoms with van der Waals surface area (Å²) in [5.74, 6) is -1.23. The van der Waals surface area contributed by atoms with E-state index in [1.54, 1.807) is 20.8 Å². The Kier molecular flexibility index (Phi) is 8.10. The summed E-state index contributed by atoms with van der Waals surface area (Å²) >= 11 is 12.7. The van der Waals surface area contributed by atoms with Crippen LogP contribution in [-0.2, 0) is 14.3 Å². The third-order valence-electron chi connectivity index (χ3n) is 4.64. The Morgan fingerprint density at radius 3 is 2.47 bits per heavy atom. The number of rotatable bonds is 7. The van der Waals surface area contributed by atoms with Crippen molar-refractivity contribution < 1.29 is 18.7 Å². The average Bonchev–Trinajstić information content (AvgIpc) is 2.60. The molecule has 1 aromatic heterocycles. The van der Waals surface area contributed by atoms with Crippen molar-refractivity contribution >= 4 is 40.0 Å². The number of allylic oxidation sites excluding steroid dienone is 4. The number of nitrogens with one attached hydrogen (secondary N) is 1. The maximum absolute atomic E-state index is 12.8. The van der Waals surface area contributed by atoms with Crippen molar-refractivity contribution in [3.8, 4) is 0 Å². The predicted octanol–water partition coefficient (Wildman–Crippen LogP) is 4.88. The lowest BCUT2D eigenvalue weighted by molar-refractivity contribution is -0.139. The predicted molar refractivity (Wildman–Crippen MR) is 117 cm³/mol. The first-order chi connectivity index (χ1) is 14.1. The first-order valence-electron chi connectivity index (χ1n) is 9.69. The van der Waals surface area contributed by atoms with E-state index in [9.17, 15) is 14.4 Å². The number of Topliss-reactive ketones (excluding diaryl/α,β-unsaturated/α-hetero) is 1. The summed E-state index contributed by atoms with van der Waals surface area (Å²) in [5, 5.41) is 3.29. The molecule has 1 aromatic rings. The lowest BCUT2D eigenvalue weighted by Gasteiger charge is -2.30. The SMILES string of the molecule is CCCC1=C(C(=O)OCC)C(/C=C(\Cl)c2c(Cl)cc(C)oc2=O)C(C(C)=O)=C(C)N1. The summed E-state index contributed by atoms with van der Waals surface area (Å²) in [6.07, 6.45) is 2.83. The average molecular weight is 454 g/mol. The van der Waals surface area contributed by atoms with Gasteiger partial charge in [0.1, 0.15) is 5.76 Å². The number of hydrogen-bond donors (Lipinski definition) is 1. The highest BCUT2D eigenvalue weighted by Crippen LogP contribution is 2.37. The molecule has 2 heterocycles. The van der Waals surface area contributed by atoms with Crippen LogP contribution in [-0.4, -0.2) is 18.4 Å². The third-order valence-corrected chi connectivity index (χ3v) is 5.26. The van der Waals surface area contributed by atoms with Gasteiger partial charge in [0.25, 0.3) is 0 Å². The van der Waals surface area contributed by atoms with Crippen molar-refractivity contribution in [1.29, 1.82) is 0 Å². The molecule has 6 nitrogen and oxygen atoms in total. The van der Waals surface area contributed by atoms with Crippen molar-refractivity contribution in [3.63, 3.8) is 0 Å². The Morgan fingerprint density at radius 1 is 1.27 bits per heavy atom. The normalized spacial score (nSPS) is 17.2. The molecule has 0 aliphatic carbocycles. The molecule has 0 saturated heterocycles. The quantitative estimate of drug-likeness (QED) is 0.591. The van der Waals surface area contributed by atoms with Crippen LogP contribution >= 0.6 is 23.2 Å². The summed E-state index contributed by atoms with van der Waals surface area (Å²) < 4.78 is 10.4. The van der Waals surface area contributed by atoms with Gasteiger partial charge in [-0.15, -0.1) is 0 Å². The van der Waals surface area contributed by atoms with Crippen LogP contribution in [0.25, 0.3) is 5.03 Å². The number of halogens is 2. The molecule has 0 bridgehead atoms.